The predicted octanol–water partition coefficient (Wildman–Crippen LogP) is 1.48. The Balaban J connectivity index is 2.92. The molecule has 3 N–H and O–H groups in total. The number of carbonyl (C=O) groups excluding carboxylic acids is 1. The Morgan fingerprint density at radius 2 is 1.83 bits per heavy atom. The first kappa shape index (κ1) is 12.7. The second-order valence-corrected chi connectivity index (χ2v) is 4.34. The normalized spacial score (nSPS) is 10.6. The number of amides is 1. The van der Waals surface area contributed by atoms with Crippen molar-refractivity contribution in [3.05, 3.63) is 36.8 Å². The van der Waals surface area contributed by atoms with Gasteiger partial charge in [0.2, 0.25) is 5.91 Å². The van der Waals surface area contributed by atoms with Gasteiger partial charge in [0.25, 0.3) is 0 Å². The zero-order chi connectivity index (χ0) is 13.4. The van der Waals surface area contributed by atoms with Crippen molar-refractivity contribution in [2.75, 3.05) is 5.32 Å². The Morgan fingerprint density at radius 3 is 2.44 bits per heavy atom. The van der Waals surface area contributed by atoms with E-state index in [-0.39, 0.29) is 32.7 Å². The minimum absolute atomic E-state index is 0.0852. The van der Waals surface area contributed by atoms with E-state index in [0.717, 1.165) is 0 Å². The molecule has 18 heavy (non-hydrogen) atoms. The molecule has 6 nitrogen and oxygen atoms in total. The van der Waals surface area contributed by atoms with Crippen LogP contribution in [0.4, 0.5) is 5.69 Å². The maximum Gasteiger partial charge on any atom is 0.314 e. The van der Waals surface area contributed by atoms with Crippen LogP contribution in [0.5, 0.6) is 0 Å². The molecule has 1 amide bonds. The van der Waals surface area contributed by atoms with Crippen molar-refractivity contribution in [1.82, 2.24) is 9.97 Å². The molecule has 0 saturated carbocycles. The number of carbonyl (C=O) groups is 1. The summed E-state index contributed by atoms with van der Waals surface area (Å²) in [5.74, 6) is -0.382. The first-order valence-corrected chi connectivity index (χ1v) is 5.57. The van der Waals surface area contributed by atoms with E-state index in [4.69, 9.17) is 23.2 Å². The van der Waals surface area contributed by atoms with Gasteiger partial charge in [-0.15, -0.1) is 0 Å². The average molecular weight is 288 g/mol. The smallest absolute Gasteiger partial charge is 0.314 e. The van der Waals surface area contributed by atoms with Crippen LogP contribution in [0.15, 0.2) is 15.7 Å². The van der Waals surface area contributed by atoms with Gasteiger partial charge in [0.05, 0.1) is 26.8 Å². The van der Waals surface area contributed by atoms with Gasteiger partial charge in [-0.2, -0.15) is 0 Å². The van der Waals surface area contributed by atoms with Gasteiger partial charge in [-0.1, -0.05) is 23.2 Å². The van der Waals surface area contributed by atoms with E-state index < -0.39 is 11.1 Å². The van der Waals surface area contributed by atoms with Crippen molar-refractivity contribution >= 4 is 45.8 Å². The third kappa shape index (κ3) is 2.12. The van der Waals surface area contributed by atoms with Crippen LogP contribution in [0.3, 0.4) is 0 Å². The summed E-state index contributed by atoms with van der Waals surface area (Å²) in [6.07, 6.45) is 0. The lowest BCUT2D eigenvalue weighted by Crippen LogP contribution is -2.29. The lowest BCUT2D eigenvalue weighted by Gasteiger charge is -2.10. The lowest BCUT2D eigenvalue weighted by molar-refractivity contribution is -0.114. The number of aromatic amines is 2. The summed E-state index contributed by atoms with van der Waals surface area (Å²) in [6, 6.07) is 1.39. The van der Waals surface area contributed by atoms with Gasteiger partial charge in [0.1, 0.15) is 0 Å². The maximum atomic E-state index is 11.3. The Morgan fingerprint density at radius 1 is 1.22 bits per heavy atom. The maximum absolute atomic E-state index is 11.3. The zero-order valence-corrected chi connectivity index (χ0v) is 10.6. The molecule has 94 valence electrons. The van der Waals surface area contributed by atoms with E-state index in [1.54, 1.807) is 0 Å². The standard InChI is InChI=1S/C10H7Cl2N3O3/c1-3(16)13-8-6(12)4(11)2-5-7(8)15-10(18)9(17)14-5/h2H,1H3,(H,13,16)(H,14,17)(H,15,18). The first-order chi connectivity index (χ1) is 8.40. The van der Waals surface area contributed by atoms with Crippen LogP contribution >= 0.6 is 23.2 Å². The summed E-state index contributed by atoms with van der Waals surface area (Å²) in [5.41, 5.74) is -1.01. The van der Waals surface area contributed by atoms with Crippen LogP contribution in [0.25, 0.3) is 11.0 Å². The van der Waals surface area contributed by atoms with Crippen molar-refractivity contribution in [2.24, 2.45) is 0 Å². The number of hydrogen-bond donors (Lipinski definition) is 3. The molecule has 0 bridgehead atoms. The largest absolute Gasteiger partial charge is 0.323 e. The molecule has 2 rings (SSSR count). The molecule has 1 aromatic heterocycles. The molecule has 1 heterocycles. The number of anilines is 1. The number of benzene rings is 1. The van der Waals surface area contributed by atoms with E-state index in [9.17, 15) is 14.4 Å². The Kier molecular flexibility index (Phi) is 3.14. The summed E-state index contributed by atoms with van der Waals surface area (Å²) < 4.78 is 0. The summed E-state index contributed by atoms with van der Waals surface area (Å²) in [7, 11) is 0. The number of rotatable bonds is 1. The summed E-state index contributed by atoms with van der Waals surface area (Å²) in [4.78, 5) is 38.3. The molecular weight excluding hydrogens is 281 g/mol. The third-order valence-electron chi connectivity index (χ3n) is 2.21. The third-order valence-corrected chi connectivity index (χ3v) is 3.00. The van der Waals surface area contributed by atoms with Gasteiger partial charge in [-0.25, -0.2) is 0 Å². The van der Waals surface area contributed by atoms with E-state index in [1.165, 1.54) is 13.0 Å². The molecule has 8 heteroatoms. The number of hydrogen-bond acceptors (Lipinski definition) is 3. The topological polar surface area (TPSA) is 94.8 Å². The molecule has 0 fully saturated rings. The fourth-order valence-corrected chi connectivity index (χ4v) is 1.90. The summed E-state index contributed by atoms with van der Waals surface area (Å²) in [6.45, 7) is 1.28. The molecule has 1 aromatic carbocycles. The minimum atomic E-state index is -0.840. The molecule has 0 atom stereocenters. The second kappa shape index (κ2) is 4.47. The van der Waals surface area contributed by atoms with Crippen LogP contribution < -0.4 is 16.4 Å². The van der Waals surface area contributed by atoms with Crippen molar-refractivity contribution in [2.45, 2.75) is 6.92 Å². The SMILES string of the molecule is CC(=O)Nc1c(Cl)c(Cl)cc2[nH]c(=O)c(=O)[nH]c12. The minimum Gasteiger partial charge on any atom is -0.323 e. The Labute approximate surface area is 110 Å². The van der Waals surface area contributed by atoms with E-state index in [0.29, 0.717) is 0 Å². The van der Waals surface area contributed by atoms with E-state index in [2.05, 4.69) is 15.3 Å². The van der Waals surface area contributed by atoms with Gasteiger partial charge in [0, 0.05) is 6.92 Å². The van der Waals surface area contributed by atoms with E-state index in [1.807, 2.05) is 0 Å². The molecule has 0 aliphatic carbocycles. The second-order valence-electron chi connectivity index (χ2n) is 3.56. The quantitative estimate of drug-likeness (QED) is 0.694. The lowest BCUT2D eigenvalue weighted by atomic mass is 10.2. The number of H-pyrrole nitrogens is 2. The molecule has 0 aliphatic heterocycles. The highest BCUT2D eigenvalue weighted by molar-refractivity contribution is 6.45. The van der Waals surface area contributed by atoms with Crippen LogP contribution in [0.2, 0.25) is 10.0 Å². The predicted molar refractivity (Wildman–Crippen MR) is 69.5 cm³/mol. The highest BCUT2D eigenvalue weighted by Crippen LogP contribution is 2.34. The van der Waals surface area contributed by atoms with Crippen LogP contribution in [-0.2, 0) is 4.79 Å². The molecular formula is C10H7Cl2N3O3. The van der Waals surface area contributed by atoms with Gasteiger partial charge < -0.3 is 15.3 Å². The van der Waals surface area contributed by atoms with E-state index >= 15 is 0 Å². The van der Waals surface area contributed by atoms with Gasteiger partial charge in [-0.05, 0) is 6.07 Å². The average Bonchev–Trinajstić information content (AvgIpc) is 2.28. The van der Waals surface area contributed by atoms with Gasteiger partial charge in [-0.3, -0.25) is 14.4 Å². The number of halogens is 2. The van der Waals surface area contributed by atoms with Crippen molar-refractivity contribution in [3.63, 3.8) is 0 Å². The summed E-state index contributed by atoms with van der Waals surface area (Å²) >= 11 is 11.8. The van der Waals surface area contributed by atoms with Crippen molar-refractivity contribution in [3.8, 4) is 0 Å². The number of nitrogens with one attached hydrogen (secondary N) is 3. The Hall–Kier alpha value is -1.79. The van der Waals surface area contributed by atoms with Crippen LogP contribution in [0.1, 0.15) is 6.92 Å². The monoisotopic (exact) mass is 287 g/mol. The molecule has 0 radical (unpaired) electrons. The molecule has 0 saturated heterocycles. The van der Waals surface area contributed by atoms with Crippen molar-refractivity contribution in [1.29, 1.82) is 0 Å². The first-order valence-electron chi connectivity index (χ1n) is 4.82. The van der Waals surface area contributed by atoms with Crippen LogP contribution in [-0.4, -0.2) is 15.9 Å². The Bertz CT molecular complexity index is 763. The van der Waals surface area contributed by atoms with Gasteiger partial charge in [0.15, 0.2) is 0 Å². The fraction of sp³-hybridized carbons (Fsp3) is 0.100. The van der Waals surface area contributed by atoms with Crippen LogP contribution in [0, 0.1) is 0 Å². The summed E-state index contributed by atoms with van der Waals surface area (Å²) in [5, 5.41) is 2.69. The van der Waals surface area contributed by atoms with Crippen molar-refractivity contribution < 1.29 is 4.79 Å². The highest BCUT2D eigenvalue weighted by atomic mass is 35.5. The molecule has 0 spiro atoms. The number of fused-ring (bicyclic) bond motifs is 1. The molecule has 0 unspecified atom stereocenters. The molecule has 2 aromatic rings. The molecule has 0 aliphatic rings. The zero-order valence-electron chi connectivity index (χ0n) is 9.06. The fourth-order valence-electron chi connectivity index (χ4n) is 1.50. The number of aromatic nitrogens is 2. The highest BCUT2D eigenvalue weighted by Gasteiger charge is 2.14. The van der Waals surface area contributed by atoms with Gasteiger partial charge >= 0.3 is 11.1 Å².